The minimum atomic E-state index is -1.17. The zero-order valence-corrected chi connectivity index (χ0v) is 25.7. The van der Waals surface area contributed by atoms with E-state index < -0.39 is 47.9 Å². The third-order valence-electron chi connectivity index (χ3n) is 7.84. The van der Waals surface area contributed by atoms with E-state index in [4.69, 9.17) is 11.5 Å². The molecule has 0 aliphatic rings. The van der Waals surface area contributed by atoms with Crippen LogP contribution in [0.5, 0.6) is 0 Å². The van der Waals surface area contributed by atoms with Gasteiger partial charge in [-0.1, -0.05) is 78.9 Å². The Morgan fingerprint density at radius 1 is 0.674 bits per heavy atom. The molecule has 3 aromatic carbocycles. The largest absolute Gasteiger partial charge is 0.480 e. The van der Waals surface area contributed by atoms with Gasteiger partial charge in [0.15, 0.2) is 0 Å². The lowest BCUT2D eigenvalue weighted by Gasteiger charge is -2.25. The molecule has 0 spiro atoms. The number of nitrogens with one attached hydrogen (secondary N) is 4. The monoisotopic (exact) mass is 626 g/mol. The van der Waals surface area contributed by atoms with Crippen molar-refractivity contribution in [2.24, 2.45) is 11.5 Å². The number of fused-ring (bicyclic) bond motifs is 1. The van der Waals surface area contributed by atoms with Gasteiger partial charge < -0.3 is 37.5 Å². The van der Waals surface area contributed by atoms with Crippen molar-refractivity contribution in [3.05, 3.63) is 108 Å². The number of aromatic nitrogens is 1. The fraction of sp³-hybridized carbons (Fsp3) is 0.314. The molecule has 0 aliphatic carbocycles. The number of carboxylic acid groups (broad SMARTS) is 1. The van der Waals surface area contributed by atoms with Crippen LogP contribution in [0.2, 0.25) is 0 Å². The number of carboxylic acids is 1. The van der Waals surface area contributed by atoms with Gasteiger partial charge in [-0.2, -0.15) is 0 Å². The van der Waals surface area contributed by atoms with E-state index in [-0.39, 0.29) is 25.7 Å². The number of benzene rings is 3. The molecule has 4 unspecified atom stereocenters. The highest BCUT2D eigenvalue weighted by Crippen LogP contribution is 2.19. The summed E-state index contributed by atoms with van der Waals surface area (Å²) in [6, 6.07) is 21.8. The van der Waals surface area contributed by atoms with Gasteiger partial charge in [0.25, 0.3) is 0 Å². The molecule has 0 saturated carbocycles. The number of carbonyl (C=O) groups excluding carboxylic acids is 3. The average Bonchev–Trinajstić information content (AvgIpc) is 3.47. The number of aromatic amines is 1. The quantitative estimate of drug-likeness (QED) is 0.0873. The molecular formula is C35H42N6O5. The summed E-state index contributed by atoms with van der Waals surface area (Å²) in [4.78, 5) is 56.0. The first kappa shape index (κ1) is 33.9. The smallest absolute Gasteiger partial charge is 0.326 e. The van der Waals surface area contributed by atoms with E-state index in [0.717, 1.165) is 27.6 Å². The molecule has 0 aliphatic heterocycles. The Bertz CT molecular complexity index is 1590. The lowest BCUT2D eigenvalue weighted by Crippen LogP contribution is -2.58. The third-order valence-corrected chi connectivity index (χ3v) is 7.84. The van der Waals surface area contributed by atoms with Crippen LogP contribution in [0.1, 0.15) is 36.0 Å². The number of nitrogens with two attached hydrogens (primary N) is 2. The summed E-state index contributed by atoms with van der Waals surface area (Å²) in [6.45, 7) is 0.408. The molecule has 242 valence electrons. The minimum Gasteiger partial charge on any atom is -0.480 e. The second-order valence-electron chi connectivity index (χ2n) is 11.4. The standard InChI is InChI=1S/C35H42N6O5/c36-18-10-9-17-29(35(45)46)39-33(43)30(20-24-13-5-2-6-14-24)41-34(44)31(21-25-22-38-28-16-8-7-15-26(25)28)40-32(42)27(37)19-23-11-3-1-4-12-23/h1-8,11-16,22,27,29-31,38H,9-10,17-21,36-37H2,(H,39,43)(H,40,42)(H,41,44)(H,45,46). The van der Waals surface area contributed by atoms with Crippen molar-refractivity contribution < 1.29 is 24.3 Å². The Morgan fingerprint density at radius 2 is 1.22 bits per heavy atom. The summed E-state index contributed by atoms with van der Waals surface area (Å²) in [6.07, 6.45) is 3.62. The lowest BCUT2D eigenvalue weighted by molar-refractivity contribution is -0.142. The summed E-state index contributed by atoms with van der Waals surface area (Å²) < 4.78 is 0. The van der Waals surface area contributed by atoms with Gasteiger partial charge in [0.1, 0.15) is 18.1 Å². The van der Waals surface area contributed by atoms with Crippen molar-refractivity contribution in [2.45, 2.75) is 62.7 Å². The van der Waals surface area contributed by atoms with Gasteiger partial charge >= 0.3 is 5.97 Å². The van der Waals surface area contributed by atoms with Crippen LogP contribution in [0, 0.1) is 0 Å². The van der Waals surface area contributed by atoms with E-state index in [9.17, 15) is 24.3 Å². The molecule has 0 radical (unpaired) electrons. The molecular weight excluding hydrogens is 584 g/mol. The normalized spacial score (nSPS) is 13.7. The van der Waals surface area contributed by atoms with Gasteiger partial charge in [0.05, 0.1) is 6.04 Å². The summed E-state index contributed by atoms with van der Waals surface area (Å²) in [7, 11) is 0. The molecule has 46 heavy (non-hydrogen) atoms. The summed E-state index contributed by atoms with van der Waals surface area (Å²) >= 11 is 0. The molecule has 0 saturated heterocycles. The number of hydrogen-bond donors (Lipinski definition) is 7. The molecule has 9 N–H and O–H groups in total. The third kappa shape index (κ3) is 9.75. The fourth-order valence-corrected chi connectivity index (χ4v) is 5.32. The van der Waals surface area contributed by atoms with E-state index >= 15 is 0 Å². The maximum Gasteiger partial charge on any atom is 0.326 e. The number of H-pyrrole nitrogens is 1. The van der Waals surface area contributed by atoms with Crippen LogP contribution in [-0.2, 0) is 38.4 Å². The highest BCUT2D eigenvalue weighted by molar-refractivity contribution is 5.95. The molecule has 1 aromatic heterocycles. The predicted molar refractivity (Wildman–Crippen MR) is 177 cm³/mol. The van der Waals surface area contributed by atoms with Gasteiger partial charge in [-0.25, -0.2) is 4.79 Å². The maximum atomic E-state index is 14.0. The van der Waals surface area contributed by atoms with E-state index in [2.05, 4.69) is 20.9 Å². The Morgan fingerprint density at radius 3 is 1.85 bits per heavy atom. The molecule has 4 rings (SSSR count). The average molecular weight is 627 g/mol. The first-order valence-corrected chi connectivity index (χ1v) is 15.5. The Kier molecular flexibility index (Phi) is 12.4. The number of carbonyl (C=O) groups is 4. The summed E-state index contributed by atoms with van der Waals surface area (Å²) in [5.74, 6) is -2.93. The zero-order valence-electron chi connectivity index (χ0n) is 25.7. The van der Waals surface area contributed by atoms with Gasteiger partial charge in [-0.3, -0.25) is 14.4 Å². The van der Waals surface area contributed by atoms with Crippen LogP contribution in [0.4, 0.5) is 0 Å². The van der Waals surface area contributed by atoms with Crippen molar-refractivity contribution in [1.82, 2.24) is 20.9 Å². The molecule has 3 amide bonds. The lowest BCUT2D eigenvalue weighted by atomic mass is 10.0. The second kappa shape index (κ2) is 16.9. The van der Waals surface area contributed by atoms with Gasteiger partial charge in [0.2, 0.25) is 17.7 Å². The van der Waals surface area contributed by atoms with Crippen LogP contribution >= 0.6 is 0 Å². The molecule has 0 fully saturated rings. The van der Waals surface area contributed by atoms with Gasteiger partial charge in [-0.15, -0.1) is 0 Å². The molecule has 0 bridgehead atoms. The SMILES string of the molecule is NCCCCC(NC(=O)C(Cc1ccccc1)NC(=O)C(Cc1c[nH]c2ccccc12)NC(=O)C(N)Cc1ccccc1)C(=O)O. The molecule has 4 atom stereocenters. The maximum absolute atomic E-state index is 14.0. The molecule has 1 heterocycles. The fourth-order valence-electron chi connectivity index (χ4n) is 5.32. The number of rotatable bonds is 17. The van der Waals surface area contributed by atoms with Crippen LogP contribution < -0.4 is 27.4 Å². The Labute approximate surface area is 268 Å². The van der Waals surface area contributed by atoms with Crippen molar-refractivity contribution in [3.8, 4) is 0 Å². The number of para-hydroxylation sites is 1. The van der Waals surface area contributed by atoms with E-state index in [0.29, 0.717) is 19.4 Å². The van der Waals surface area contributed by atoms with Crippen molar-refractivity contribution >= 4 is 34.6 Å². The molecule has 11 heteroatoms. The number of unbranched alkanes of at least 4 members (excludes halogenated alkanes) is 1. The zero-order chi connectivity index (χ0) is 32.9. The summed E-state index contributed by atoms with van der Waals surface area (Å²) in [5, 5.41) is 18.9. The molecule has 11 nitrogen and oxygen atoms in total. The van der Waals surface area contributed by atoms with Crippen molar-refractivity contribution in [1.29, 1.82) is 0 Å². The van der Waals surface area contributed by atoms with Crippen LogP contribution in [0.3, 0.4) is 0 Å². The van der Waals surface area contributed by atoms with Crippen molar-refractivity contribution in [2.75, 3.05) is 6.54 Å². The van der Waals surface area contributed by atoms with Gasteiger partial charge in [0, 0.05) is 29.9 Å². The Balaban J connectivity index is 1.57. The number of aliphatic carboxylic acids is 1. The minimum absolute atomic E-state index is 0.106. The highest BCUT2D eigenvalue weighted by atomic mass is 16.4. The number of amides is 3. The van der Waals surface area contributed by atoms with Crippen LogP contribution in [0.25, 0.3) is 10.9 Å². The highest BCUT2D eigenvalue weighted by Gasteiger charge is 2.31. The predicted octanol–water partition coefficient (Wildman–Crippen LogP) is 2.19. The van der Waals surface area contributed by atoms with Crippen LogP contribution in [0.15, 0.2) is 91.1 Å². The Hall–Kier alpha value is -5.00. The van der Waals surface area contributed by atoms with E-state index in [1.165, 1.54) is 0 Å². The first-order chi connectivity index (χ1) is 22.2. The van der Waals surface area contributed by atoms with E-state index in [1.807, 2.05) is 84.9 Å². The topological polar surface area (TPSA) is 192 Å². The summed E-state index contributed by atoms with van der Waals surface area (Å²) in [5.41, 5.74) is 15.1. The van der Waals surface area contributed by atoms with Crippen LogP contribution in [-0.4, -0.2) is 64.5 Å². The second-order valence-corrected chi connectivity index (χ2v) is 11.4. The first-order valence-electron chi connectivity index (χ1n) is 15.5. The molecule has 4 aromatic rings. The number of hydrogen-bond acceptors (Lipinski definition) is 6. The van der Waals surface area contributed by atoms with E-state index in [1.54, 1.807) is 6.20 Å². The van der Waals surface area contributed by atoms with Crippen molar-refractivity contribution in [3.63, 3.8) is 0 Å². The van der Waals surface area contributed by atoms with Gasteiger partial charge in [-0.05, 0) is 55.0 Å².